The molecule has 0 bridgehead atoms. The zero-order valence-electron chi connectivity index (χ0n) is 14.3. The summed E-state index contributed by atoms with van der Waals surface area (Å²) in [5.74, 6) is 0.0974. The highest BCUT2D eigenvalue weighted by Crippen LogP contribution is 2.35. The molecule has 1 saturated heterocycles. The summed E-state index contributed by atoms with van der Waals surface area (Å²) in [4.78, 5) is 7.93. The van der Waals surface area contributed by atoms with E-state index in [4.69, 9.17) is 0 Å². The van der Waals surface area contributed by atoms with Crippen LogP contribution in [0.3, 0.4) is 0 Å². The summed E-state index contributed by atoms with van der Waals surface area (Å²) in [5.41, 5.74) is -0.226. The van der Waals surface area contributed by atoms with Crippen molar-refractivity contribution in [1.82, 2.24) is 25.5 Å². The highest BCUT2D eigenvalue weighted by molar-refractivity contribution is 5.91. The molecule has 7 nitrogen and oxygen atoms in total. The third-order valence-electron chi connectivity index (χ3n) is 4.43. The fourth-order valence-electron chi connectivity index (χ4n) is 3.08. The van der Waals surface area contributed by atoms with Gasteiger partial charge in [-0.05, 0) is 31.5 Å². The van der Waals surface area contributed by atoms with E-state index in [2.05, 4.69) is 36.1 Å². The number of anilines is 3. The minimum atomic E-state index is -4.58. The van der Waals surface area contributed by atoms with E-state index in [9.17, 15) is 13.2 Å². The van der Waals surface area contributed by atoms with Gasteiger partial charge in [-0.25, -0.2) is 4.98 Å². The fraction of sp³-hybridized carbons (Fsp3) is 0.353. The Kier molecular flexibility index (Phi) is 4.56. The first kappa shape index (κ1) is 17.5. The largest absolute Gasteiger partial charge is 0.421 e. The first-order valence-corrected chi connectivity index (χ1v) is 8.62. The van der Waals surface area contributed by atoms with Crippen molar-refractivity contribution in [3.63, 3.8) is 0 Å². The van der Waals surface area contributed by atoms with E-state index >= 15 is 0 Å². The first-order valence-electron chi connectivity index (χ1n) is 8.62. The number of nitrogens with one attached hydrogen (secondary N) is 4. The number of piperidine rings is 1. The fourth-order valence-corrected chi connectivity index (χ4v) is 3.08. The summed E-state index contributed by atoms with van der Waals surface area (Å²) in [6.45, 7) is 1.65. The van der Waals surface area contributed by atoms with Crippen LogP contribution in [0.1, 0.15) is 18.4 Å². The Labute approximate surface area is 152 Å². The predicted octanol–water partition coefficient (Wildman–Crippen LogP) is 3.28. The molecular weight excluding hydrogens is 359 g/mol. The zero-order chi connectivity index (χ0) is 18.9. The van der Waals surface area contributed by atoms with Crippen LogP contribution in [0.25, 0.3) is 10.9 Å². The van der Waals surface area contributed by atoms with Crippen LogP contribution >= 0.6 is 0 Å². The summed E-state index contributed by atoms with van der Waals surface area (Å²) in [6.07, 6.45) is -1.89. The Bertz CT molecular complexity index is 932. The number of H-pyrrole nitrogens is 1. The van der Waals surface area contributed by atoms with Crippen LogP contribution in [-0.4, -0.2) is 39.3 Å². The minimum absolute atomic E-state index is 0.0783. The second-order valence-corrected chi connectivity index (χ2v) is 6.38. The highest BCUT2D eigenvalue weighted by atomic mass is 19.4. The predicted molar refractivity (Wildman–Crippen MR) is 95.9 cm³/mol. The molecule has 2 aromatic heterocycles. The van der Waals surface area contributed by atoms with Crippen LogP contribution in [0.2, 0.25) is 0 Å². The summed E-state index contributed by atoms with van der Waals surface area (Å²) >= 11 is 0. The maximum Gasteiger partial charge on any atom is 0.421 e. The van der Waals surface area contributed by atoms with E-state index in [1.807, 2.05) is 6.07 Å². The van der Waals surface area contributed by atoms with Gasteiger partial charge in [-0.2, -0.15) is 23.3 Å². The highest BCUT2D eigenvalue weighted by Gasteiger charge is 2.35. The van der Waals surface area contributed by atoms with Crippen molar-refractivity contribution in [3.8, 4) is 0 Å². The van der Waals surface area contributed by atoms with Gasteiger partial charge in [-0.15, -0.1) is 0 Å². The number of para-hydroxylation sites is 1. The summed E-state index contributed by atoms with van der Waals surface area (Å²) in [7, 11) is 0. The summed E-state index contributed by atoms with van der Waals surface area (Å²) < 4.78 is 40.2. The quantitative estimate of drug-likeness (QED) is 0.558. The van der Waals surface area contributed by atoms with Crippen molar-refractivity contribution in [2.24, 2.45) is 0 Å². The number of hydrogen-bond acceptors (Lipinski definition) is 6. The molecule has 10 heteroatoms. The normalized spacial score (nSPS) is 17.8. The van der Waals surface area contributed by atoms with Crippen LogP contribution in [-0.2, 0) is 6.18 Å². The summed E-state index contributed by atoms with van der Waals surface area (Å²) in [6, 6.07) is 7.24. The SMILES string of the molecule is FC(F)(F)c1cnc(N[C@H]2CCCNC2)nc1Nc1n[nH]c2ccccc12. The Morgan fingerprint density at radius 1 is 1.15 bits per heavy atom. The molecule has 0 aliphatic carbocycles. The van der Waals surface area contributed by atoms with Crippen molar-refractivity contribution in [2.75, 3.05) is 23.7 Å². The van der Waals surface area contributed by atoms with Gasteiger partial charge in [0.1, 0.15) is 11.4 Å². The maximum atomic E-state index is 13.4. The average Bonchev–Trinajstić information content (AvgIpc) is 3.05. The molecule has 3 heterocycles. The Hall–Kier alpha value is -2.88. The molecule has 1 aromatic carbocycles. The third kappa shape index (κ3) is 3.80. The van der Waals surface area contributed by atoms with Crippen LogP contribution in [0.15, 0.2) is 30.5 Å². The first-order chi connectivity index (χ1) is 13.0. The molecule has 27 heavy (non-hydrogen) atoms. The molecule has 0 saturated carbocycles. The number of hydrogen-bond donors (Lipinski definition) is 4. The number of aromatic nitrogens is 4. The second-order valence-electron chi connectivity index (χ2n) is 6.38. The lowest BCUT2D eigenvalue weighted by atomic mass is 10.1. The van der Waals surface area contributed by atoms with Gasteiger partial charge in [0.15, 0.2) is 5.82 Å². The Morgan fingerprint density at radius 2 is 2.00 bits per heavy atom. The van der Waals surface area contributed by atoms with Gasteiger partial charge >= 0.3 is 6.18 Å². The average molecular weight is 377 g/mol. The Morgan fingerprint density at radius 3 is 2.78 bits per heavy atom. The van der Waals surface area contributed by atoms with Gasteiger partial charge in [0, 0.05) is 24.2 Å². The molecule has 0 amide bonds. The number of fused-ring (bicyclic) bond motifs is 1. The van der Waals surface area contributed by atoms with E-state index in [0.717, 1.165) is 32.1 Å². The Balaban J connectivity index is 1.66. The van der Waals surface area contributed by atoms with Crippen molar-refractivity contribution in [3.05, 3.63) is 36.0 Å². The van der Waals surface area contributed by atoms with Gasteiger partial charge in [-0.3, -0.25) is 5.10 Å². The lowest BCUT2D eigenvalue weighted by molar-refractivity contribution is -0.137. The lowest BCUT2D eigenvalue weighted by Crippen LogP contribution is -2.38. The molecule has 4 N–H and O–H groups in total. The third-order valence-corrected chi connectivity index (χ3v) is 4.43. The second kappa shape index (κ2) is 7.03. The molecule has 4 rings (SSSR count). The summed E-state index contributed by atoms with van der Waals surface area (Å²) in [5, 5.41) is 16.6. The number of rotatable bonds is 4. The molecule has 1 atom stereocenters. The topological polar surface area (TPSA) is 90.6 Å². The van der Waals surface area contributed by atoms with Crippen molar-refractivity contribution in [1.29, 1.82) is 0 Å². The van der Waals surface area contributed by atoms with Crippen LogP contribution in [0, 0.1) is 0 Å². The van der Waals surface area contributed by atoms with Crippen molar-refractivity contribution < 1.29 is 13.2 Å². The van der Waals surface area contributed by atoms with Crippen LogP contribution in [0.4, 0.5) is 30.8 Å². The van der Waals surface area contributed by atoms with Gasteiger partial charge in [0.25, 0.3) is 0 Å². The van der Waals surface area contributed by atoms with Crippen LogP contribution in [0.5, 0.6) is 0 Å². The zero-order valence-corrected chi connectivity index (χ0v) is 14.3. The van der Waals surface area contributed by atoms with E-state index < -0.39 is 11.7 Å². The standard InChI is InChI=1S/C17H18F3N7/c18-17(19,20)12-9-22-16(23-10-4-3-7-21-8-10)25-15(12)24-14-11-5-1-2-6-13(11)26-27-14/h1-2,5-6,9-10,21H,3-4,7-8H2,(H3,22,23,24,25,26,27)/t10-/m0/s1. The molecule has 1 fully saturated rings. The van der Waals surface area contributed by atoms with Gasteiger partial charge in [-0.1, -0.05) is 12.1 Å². The van der Waals surface area contributed by atoms with E-state index in [-0.39, 0.29) is 23.6 Å². The van der Waals surface area contributed by atoms with Crippen LogP contribution < -0.4 is 16.0 Å². The molecular formula is C17H18F3N7. The number of aromatic amines is 1. The molecule has 0 unspecified atom stereocenters. The molecule has 0 radical (unpaired) electrons. The molecule has 142 valence electrons. The molecule has 0 spiro atoms. The smallest absolute Gasteiger partial charge is 0.350 e. The maximum absolute atomic E-state index is 13.4. The minimum Gasteiger partial charge on any atom is -0.350 e. The number of alkyl halides is 3. The molecule has 3 aromatic rings. The number of halogens is 3. The lowest BCUT2D eigenvalue weighted by Gasteiger charge is -2.24. The number of benzene rings is 1. The van der Waals surface area contributed by atoms with Gasteiger partial charge < -0.3 is 16.0 Å². The van der Waals surface area contributed by atoms with Gasteiger partial charge in [0.2, 0.25) is 5.95 Å². The molecule has 1 aliphatic heterocycles. The monoisotopic (exact) mass is 377 g/mol. The number of nitrogens with zero attached hydrogens (tertiary/aromatic N) is 3. The van der Waals surface area contributed by atoms with E-state index in [1.165, 1.54) is 0 Å². The van der Waals surface area contributed by atoms with E-state index in [0.29, 0.717) is 10.9 Å². The van der Waals surface area contributed by atoms with E-state index in [1.54, 1.807) is 18.2 Å². The molecule has 1 aliphatic rings. The van der Waals surface area contributed by atoms with Gasteiger partial charge in [0.05, 0.1) is 5.52 Å². The van der Waals surface area contributed by atoms with Crippen molar-refractivity contribution >= 4 is 28.5 Å². The van der Waals surface area contributed by atoms with Crippen molar-refractivity contribution in [2.45, 2.75) is 25.1 Å².